The number of rotatable bonds is 1. The Bertz CT molecular complexity index is 621. The van der Waals surface area contributed by atoms with Gasteiger partial charge >= 0.3 is 6.18 Å². The van der Waals surface area contributed by atoms with Crippen molar-refractivity contribution in [2.75, 3.05) is 0 Å². The molecule has 0 aliphatic carbocycles. The molecule has 0 bridgehead atoms. The maximum Gasteiger partial charge on any atom is 0.416 e. The Labute approximate surface area is 116 Å². The van der Waals surface area contributed by atoms with Crippen LogP contribution in [0.15, 0.2) is 36.4 Å². The number of hydrogen-bond donors (Lipinski definition) is 0. The summed E-state index contributed by atoms with van der Waals surface area (Å²) in [5.74, 6) is -0.985. The minimum Gasteiger partial charge on any atom is -0.207 e. The van der Waals surface area contributed by atoms with Gasteiger partial charge in [0, 0.05) is 15.6 Å². The van der Waals surface area contributed by atoms with Crippen LogP contribution in [-0.2, 0) is 6.18 Å². The standard InChI is InChI=1S/C13H6Cl2F4/c14-9-1-2-12(15)11(6-9)7-3-8(13(17,18)19)5-10(16)4-7/h1-6H. The molecule has 0 radical (unpaired) electrons. The first-order valence-corrected chi connectivity index (χ1v) is 5.86. The Morgan fingerprint density at radius 3 is 2.21 bits per heavy atom. The van der Waals surface area contributed by atoms with Crippen LogP contribution in [0.2, 0.25) is 10.0 Å². The van der Waals surface area contributed by atoms with Gasteiger partial charge in [-0.25, -0.2) is 4.39 Å². The van der Waals surface area contributed by atoms with Gasteiger partial charge in [0.2, 0.25) is 0 Å². The predicted molar refractivity (Wildman–Crippen MR) is 66.9 cm³/mol. The van der Waals surface area contributed by atoms with Crippen molar-refractivity contribution >= 4 is 23.2 Å². The second-order valence-electron chi connectivity index (χ2n) is 3.85. The molecule has 2 aromatic rings. The fourth-order valence-electron chi connectivity index (χ4n) is 1.63. The highest BCUT2D eigenvalue weighted by atomic mass is 35.5. The summed E-state index contributed by atoms with van der Waals surface area (Å²) in [4.78, 5) is 0. The van der Waals surface area contributed by atoms with Crippen LogP contribution in [0.4, 0.5) is 17.6 Å². The number of benzene rings is 2. The lowest BCUT2D eigenvalue weighted by Crippen LogP contribution is -2.05. The van der Waals surface area contributed by atoms with E-state index in [0.29, 0.717) is 11.1 Å². The van der Waals surface area contributed by atoms with Crippen LogP contribution in [-0.4, -0.2) is 0 Å². The zero-order valence-corrected chi connectivity index (χ0v) is 10.7. The molecule has 0 saturated heterocycles. The lowest BCUT2D eigenvalue weighted by Gasteiger charge is -2.11. The summed E-state index contributed by atoms with van der Waals surface area (Å²) in [5, 5.41) is 0.500. The van der Waals surface area contributed by atoms with Crippen LogP contribution in [0.1, 0.15) is 5.56 Å². The van der Waals surface area contributed by atoms with Crippen molar-refractivity contribution in [3.63, 3.8) is 0 Å². The summed E-state index contributed by atoms with van der Waals surface area (Å²) in [6.45, 7) is 0. The number of hydrogen-bond acceptors (Lipinski definition) is 0. The summed E-state index contributed by atoms with van der Waals surface area (Å²) in [6, 6.07) is 6.57. The minimum atomic E-state index is -4.62. The van der Waals surface area contributed by atoms with Crippen molar-refractivity contribution in [1.82, 2.24) is 0 Å². The van der Waals surface area contributed by atoms with Crippen molar-refractivity contribution in [2.24, 2.45) is 0 Å². The van der Waals surface area contributed by atoms with Crippen LogP contribution in [0.25, 0.3) is 11.1 Å². The Kier molecular flexibility index (Phi) is 3.74. The normalized spacial score (nSPS) is 11.7. The summed E-state index contributed by atoms with van der Waals surface area (Å²) in [5.41, 5.74) is -0.794. The van der Waals surface area contributed by atoms with Crippen LogP contribution in [0, 0.1) is 5.82 Å². The molecular weight excluding hydrogens is 303 g/mol. The monoisotopic (exact) mass is 308 g/mol. The first kappa shape index (κ1) is 14.2. The van der Waals surface area contributed by atoms with Gasteiger partial charge in [0.05, 0.1) is 5.56 Å². The van der Waals surface area contributed by atoms with Gasteiger partial charge in [0.25, 0.3) is 0 Å². The van der Waals surface area contributed by atoms with E-state index in [4.69, 9.17) is 23.2 Å². The minimum absolute atomic E-state index is 0.0276. The average molecular weight is 309 g/mol. The maximum absolute atomic E-state index is 13.3. The van der Waals surface area contributed by atoms with E-state index in [1.165, 1.54) is 18.2 Å². The zero-order valence-electron chi connectivity index (χ0n) is 9.23. The fraction of sp³-hybridized carbons (Fsp3) is 0.0769. The maximum atomic E-state index is 13.3. The van der Waals surface area contributed by atoms with E-state index < -0.39 is 17.6 Å². The molecule has 19 heavy (non-hydrogen) atoms. The molecule has 0 aromatic heterocycles. The van der Waals surface area contributed by atoms with Gasteiger partial charge in [-0.2, -0.15) is 13.2 Å². The van der Waals surface area contributed by atoms with E-state index >= 15 is 0 Å². The molecule has 0 saturated carbocycles. The van der Waals surface area contributed by atoms with E-state index in [1.807, 2.05) is 0 Å². The van der Waals surface area contributed by atoms with Crippen LogP contribution < -0.4 is 0 Å². The van der Waals surface area contributed by atoms with E-state index in [0.717, 1.165) is 12.1 Å². The van der Waals surface area contributed by atoms with E-state index in [2.05, 4.69) is 0 Å². The molecule has 0 aliphatic rings. The largest absolute Gasteiger partial charge is 0.416 e. The van der Waals surface area contributed by atoms with Gasteiger partial charge in [0.15, 0.2) is 0 Å². The summed E-state index contributed by atoms with van der Waals surface area (Å²) in [6.07, 6.45) is -4.62. The van der Waals surface area contributed by atoms with Crippen molar-refractivity contribution in [3.8, 4) is 11.1 Å². The van der Waals surface area contributed by atoms with Gasteiger partial charge < -0.3 is 0 Å². The lowest BCUT2D eigenvalue weighted by atomic mass is 10.0. The van der Waals surface area contributed by atoms with Crippen LogP contribution >= 0.6 is 23.2 Å². The molecule has 0 amide bonds. The molecule has 0 N–H and O–H groups in total. The van der Waals surface area contributed by atoms with Gasteiger partial charge in [-0.1, -0.05) is 23.2 Å². The Hall–Kier alpha value is -1.26. The second-order valence-corrected chi connectivity index (χ2v) is 4.69. The summed E-state index contributed by atoms with van der Waals surface area (Å²) in [7, 11) is 0. The van der Waals surface area contributed by atoms with Gasteiger partial charge in [-0.3, -0.25) is 0 Å². The van der Waals surface area contributed by atoms with E-state index in [9.17, 15) is 17.6 Å². The molecule has 2 rings (SSSR count). The summed E-state index contributed by atoms with van der Waals surface area (Å²) >= 11 is 11.6. The Morgan fingerprint density at radius 2 is 1.58 bits per heavy atom. The third kappa shape index (κ3) is 3.19. The average Bonchev–Trinajstić information content (AvgIpc) is 2.30. The topological polar surface area (TPSA) is 0 Å². The molecular formula is C13H6Cl2F4. The second kappa shape index (κ2) is 5.02. The third-order valence-electron chi connectivity index (χ3n) is 2.46. The molecule has 6 heteroatoms. The Morgan fingerprint density at radius 1 is 0.895 bits per heavy atom. The van der Waals surface area contributed by atoms with Crippen molar-refractivity contribution in [1.29, 1.82) is 0 Å². The Balaban J connectivity index is 2.63. The molecule has 0 atom stereocenters. The highest BCUT2D eigenvalue weighted by molar-refractivity contribution is 6.35. The molecule has 2 aromatic carbocycles. The molecule has 0 nitrogen and oxygen atoms in total. The van der Waals surface area contributed by atoms with E-state index in [1.54, 1.807) is 0 Å². The molecule has 0 unspecified atom stereocenters. The highest BCUT2D eigenvalue weighted by Crippen LogP contribution is 2.36. The predicted octanol–water partition coefficient (Wildman–Crippen LogP) is 5.82. The van der Waals surface area contributed by atoms with Gasteiger partial charge in [0.1, 0.15) is 5.82 Å². The molecule has 0 aliphatic heterocycles. The number of halogens is 6. The first-order valence-electron chi connectivity index (χ1n) is 5.10. The van der Waals surface area contributed by atoms with Gasteiger partial charge in [-0.05, 0) is 42.0 Å². The van der Waals surface area contributed by atoms with Crippen molar-refractivity contribution in [3.05, 3.63) is 57.8 Å². The first-order chi connectivity index (χ1) is 8.77. The summed E-state index contributed by atoms with van der Waals surface area (Å²) < 4.78 is 51.2. The van der Waals surface area contributed by atoms with Gasteiger partial charge in [-0.15, -0.1) is 0 Å². The van der Waals surface area contributed by atoms with E-state index in [-0.39, 0.29) is 16.1 Å². The van der Waals surface area contributed by atoms with Crippen LogP contribution in [0.3, 0.4) is 0 Å². The molecule has 0 heterocycles. The molecule has 0 fully saturated rings. The quantitative estimate of drug-likeness (QED) is 0.582. The zero-order chi connectivity index (χ0) is 14.2. The van der Waals surface area contributed by atoms with Crippen molar-refractivity contribution in [2.45, 2.75) is 6.18 Å². The smallest absolute Gasteiger partial charge is 0.207 e. The molecule has 100 valence electrons. The number of alkyl halides is 3. The fourth-order valence-corrected chi connectivity index (χ4v) is 2.03. The lowest BCUT2D eigenvalue weighted by molar-refractivity contribution is -0.137. The SMILES string of the molecule is Fc1cc(-c2cc(Cl)ccc2Cl)cc(C(F)(F)F)c1. The highest BCUT2D eigenvalue weighted by Gasteiger charge is 2.31. The van der Waals surface area contributed by atoms with Crippen molar-refractivity contribution < 1.29 is 17.6 Å². The van der Waals surface area contributed by atoms with Crippen LogP contribution in [0.5, 0.6) is 0 Å². The third-order valence-corrected chi connectivity index (χ3v) is 3.03. The molecule has 0 spiro atoms.